The van der Waals surface area contributed by atoms with E-state index in [1.54, 1.807) is 0 Å². The van der Waals surface area contributed by atoms with Gasteiger partial charge in [-0.15, -0.1) is 0 Å². The molecule has 20 heavy (non-hydrogen) atoms. The van der Waals surface area contributed by atoms with Crippen LogP contribution in [-0.2, 0) is 6.54 Å². The molecule has 2 aromatic rings. The van der Waals surface area contributed by atoms with Gasteiger partial charge >= 0.3 is 0 Å². The molecule has 0 fully saturated rings. The van der Waals surface area contributed by atoms with Crippen molar-refractivity contribution >= 4 is 0 Å². The number of aryl methyl sites for hydroxylation is 2. The molecule has 2 unspecified atom stereocenters. The van der Waals surface area contributed by atoms with E-state index in [9.17, 15) is 0 Å². The highest BCUT2D eigenvalue weighted by Crippen LogP contribution is 2.21. The zero-order valence-corrected chi connectivity index (χ0v) is 13.0. The molecule has 110 valence electrons. The SMILES string of the molecule is CCC(C)n1ccc(CNC(C)c2c(C)noc2C)n1. The molecule has 5 heteroatoms. The summed E-state index contributed by atoms with van der Waals surface area (Å²) in [5.41, 5.74) is 3.16. The number of aromatic nitrogens is 3. The predicted octanol–water partition coefficient (Wildman–Crippen LogP) is 3.31. The summed E-state index contributed by atoms with van der Waals surface area (Å²) in [6, 6.07) is 2.72. The van der Waals surface area contributed by atoms with Crippen LogP contribution in [0.4, 0.5) is 0 Å². The van der Waals surface area contributed by atoms with Gasteiger partial charge in [0.1, 0.15) is 5.76 Å². The second kappa shape index (κ2) is 6.22. The lowest BCUT2D eigenvalue weighted by Crippen LogP contribution is -2.19. The number of nitrogens with zero attached hydrogens (tertiary/aromatic N) is 3. The Morgan fingerprint density at radius 3 is 2.70 bits per heavy atom. The van der Waals surface area contributed by atoms with Gasteiger partial charge in [0.25, 0.3) is 0 Å². The Morgan fingerprint density at radius 2 is 2.10 bits per heavy atom. The van der Waals surface area contributed by atoms with E-state index in [1.807, 2.05) is 24.7 Å². The van der Waals surface area contributed by atoms with Gasteiger partial charge in [0.2, 0.25) is 0 Å². The van der Waals surface area contributed by atoms with Crippen LogP contribution in [0.2, 0.25) is 0 Å². The van der Waals surface area contributed by atoms with Crippen LogP contribution >= 0.6 is 0 Å². The zero-order valence-electron chi connectivity index (χ0n) is 13.0. The molecule has 0 aliphatic heterocycles. The van der Waals surface area contributed by atoms with E-state index in [1.165, 1.54) is 0 Å². The van der Waals surface area contributed by atoms with Crippen LogP contribution in [0.5, 0.6) is 0 Å². The highest BCUT2D eigenvalue weighted by Gasteiger charge is 2.16. The van der Waals surface area contributed by atoms with Gasteiger partial charge in [-0.05, 0) is 40.2 Å². The minimum atomic E-state index is 0.204. The fourth-order valence-electron chi connectivity index (χ4n) is 2.37. The molecular weight excluding hydrogens is 252 g/mol. The van der Waals surface area contributed by atoms with E-state index in [2.05, 4.69) is 42.4 Å². The first-order valence-electron chi connectivity index (χ1n) is 7.23. The third-order valence-corrected chi connectivity index (χ3v) is 3.82. The predicted molar refractivity (Wildman–Crippen MR) is 78.5 cm³/mol. The fourth-order valence-corrected chi connectivity index (χ4v) is 2.37. The van der Waals surface area contributed by atoms with Crippen molar-refractivity contribution in [2.75, 3.05) is 0 Å². The number of hydrogen-bond donors (Lipinski definition) is 1. The van der Waals surface area contributed by atoms with Crippen LogP contribution in [0.1, 0.15) is 62.0 Å². The summed E-state index contributed by atoms with van der Waals surface area (Å²) >= 11 is 0. The van der Waals surface area contributed by atoms with Gasteiger partial charge in [-0.3, -0.25) is 4.68 Å². The van der Waals surface area contributed by atoms with Crippen molar-refractivity contribution in [1.82, 2.24) is 20.3 Å². The second-order valence-electron chi connectivity index (χ2n) is 5.38. The van der Waals surface area contributed by atoms with E-state index < -0.39 is 0 Å². The molecule has 0 amide bonds. The first-order valence-corrected chi connectivity index (χ1v) is 7.23. The zero-order chi connectivity index (χ0) is 14.7. The molecule has 0 aliphatic rings. The van der Waals surface area contributed by atoms with E-state index >= 15 is 0 Å². The van der Waals surface area contributed by atoms with Gasteiger partial charge in [-0.2, -0.15) is 5.10 Å². The smallest absolute Gasteiger partial charge is 0.138 e. The normalized spacial score (nSPS) is 14.4. The summed E-state index contributed by atoms with van der Waals surface area (Å²) in [7, 11) is 0. The molecule has 5 nitrogen and oxygen atoms in total. The first kappa shape index (κ1) is 14.8. The van der Waals surface area contributed by atoms with Crippen LogP contribution < -0.4 is 5.32 Å². The molecule has 0 aromatic carbocycles. The van der Waals surface area contributed by atoms with Crippen molar-refractivity contribution in [2.24, 2.45) is 0 Å². The van der Waals surface area contributed by atoms with Gasteiger partial charge in [0.05, 0.1) is 11.4 Å². The third kappa shape index (κ3) is 3.10. The average molecular weight is 276 g/mol. The van der Waals surface area contributed by atoms with Crippen LogP contribution in [0.25, 0.3) is 0 Å². The maximum Gasteiger partial charge on any atom is 0.138 e. The number of hydrogen-bond acceptors (Lipinski definition) is 4. The highest BCUT2D eigenvalue weighted by atomic mass is 16.5. The minimum Gasteiger partial charge on any atom is -0.361 e. The molecule has 2 heterocycles. The maximum absolute atomic E-state index is 5.21. The quantitative estimate of drug-likeness (QED) is 0.879. The Morgan fingerprint density at radius 1 is 1.35 bits per heavy atom. The first-order chi connectivity index (χ1) is 9.52. The summed E-state index contributed by atoms with van der Waals surface area (Å²) in [5.74, 6) is 0.882. The largest absolute Gasteiger partial charge is 0.361 e. The van der Waals surface area contributed by atoms with Crippen molar-refractivity contribution in [2.45, 2.75) is 59.7 Å². The van der Waals surface area contributed by atoms with Gasteiger partial charge < -0.3 is 9.84 Å². The fraction of sp³-hybridized carbons (Fsp3) is 0.600. The Hall–Kier alpha value is -1.62. The van der Waals surface area contributed by atoms with E-state index in [-0.39, 0.29) is 6.04 Å². The van der Waals surface area contributed by atoms with Crippen molar-refractivity contribution in [1.29, 1.82) is 0 Å². The molecule has 1 N–H and O–H groups in total. The minimum absolute atomic E-state index is 0.204. The average Bonchev–Trinajstić information content (AvgIpc) is 3.02. The second-order valence-corrected chi connectivity index (χ2v) is 5.38. The van der Waals surface area contributed by atoms with E-state index in [0.717, 1.165) is 35.7 Å². The number of nitrogens with one attached hydrogen (secondary N) is 1. The van der Waals surface area contributed by atoms with Gasteiger partial charge in [0, 0.05) is 30.4 Å². The molecule has 2 aromatic heterocycles. The van der Waals surface area contributed by atoms with Crippen molar-refractivity contribution in [3.05, 3.63) is 35.0 Å². The van der Waals surface area contributed by atoms with Crippen molar-refractivity contribution < 1.29 is 4.52 Å². The molecule has 2 atom stereocenters. The maximum atomic E-state index is 5.21. The topological polar surface area (TPSA) is 55.9 Å². The lowest BCUT2D eigenvalue weighted by molar-refractivity contribution is 0.390. The number of rotatable bonds is 6. The monoisotopic (exact) mass is 276 g/mol. The molecule has 0 saturated carbocycles. The summed E-state index contributed by atoms with van der Waals surface area (Å²) in [4.78, 5) is 0. The third-order valence-electron chi connectivity index (χ3n) is 3.82. The Labute approximate surface area is 120 Å². The standard InChI is InChI=1S/C15H24N4O/c1-6-10(2)19-8-7-14(17-19)9-16-11(3)15-12(4)18-20-13(15)5/h7-8,10-11,16H,6,9H2,1-5H3. The van der Waals surface area contributed by atoms with Gasteiger partial charge in [-0.1, -0.05) is 12.1 Å². The van der Waals surface area contributed by atoms with Crippen LogP contribution in [0.3, 0.4) is 0 Å². The van der Waals surface area contributed by atoms with Gasteiger partial charge in [-0.25, -0.2) is 0 Å². The molecule has 0 spiro atoms. The summed E-state index contributed by atoms with van der Waals surface area (Å²) < 4.78 is 7.23. The molecule has 0 bridgehead atoms. The summed E-state index contributed by atoms with van der Waals surface area (Å²) in [5, 5.41) is 12.1. The van der Waals surface area contributed by atoms with Crippen molar-refractivity contribution in [3.8, 4) is 0 Å². The lowest BCUT2D eigenvalue weighted by Gasteiger charge is -2.13. The highest BCUT2D eigenvalue weighted by molar-refractivity contribution is 5.24. The van der Waals surface area contributed by atoms with Crippen LogP contribution in [-0.4, -0.2) is 14.9 Å². The molecule has 0 radical (unpaired) electrons. The molecule has 0 saturated heterocycles. The van der Waals surface area contributed by atoms with Crippen LogP contribution in [0, 0.1) is 13.8 Å². The molecule has 2 rings (SSSR count). The van der Waals surface area contributed by atoms with E-state index in [0.29, 0.717) is 6.04 Å². The summed E-state index contributed by atoms with van der Waals surface area (Å²) in [6.07, 6.45) is 3.13. The molecular formula is C15H24N4O. The van der Waals surface area contributed by atoms with Crippen LogP contribution in [0.15, 0.2) is 16.8 Å². The van der Waals surface area contributed by atoms with Crippen molar-refractivity contribution in [3.63, 3.8) is 0 Å². The Bertz CT molecular complexity index is 538. The van der Waals surface area contributed by atoms with E-state index in [4.69, 9.17) is 4.52 Å². The Balaban J connectivity index is 1.97. The van der Waals surface area contributed by atoms with Gasteiger partial charge in [0.15, 0.2) is 0 Å². The summed E-state index contributed by atoms with van der Waals surface area (Å²) in [6.45, 7) is 11.1. The molecule has 0 aliphatic carbocycles. The lowest BCUT2D eigenvalue weighted by atomic mass is 10.1. The Kier molecular flexibility index (Phi) is 4.60.